The number of ether oxygens (including phenoxy) is 2. The fraction of sp³-hybridized carbons (Fsp3) is 0.318. The zero-order valence-corrected chi connectivity index (χ0v) is 17.1. The average Bonchev–Trinajstić information content (AvgIpc) is 2.93. The number of nitrogens with one attached hydrogen (secondary N) is 1. The molecule has 30 heavy (non-hydrogen) atoms. The van der Waals surface area contributed by atoms with E-state index in [4.69, 9.17) is 10.5 Å². The molecule has 0 unspecified atom stereocenters. The smallest absolute Gasteiger partial charge is 0.411 e. The Bertz CT molecular complexity index is 1030. The third-order valence-corrected chi connectivity index (χ3v) is 4.50. The molecule has 3 N–H and O–H groups in total. The Morgan fingerprint density at radius 3 is 2.47 bits per heavy atom. The van der Waals surface area contributed by atoms with Crippen LogP contribution in [0.1, 0.15) is 27.2 Å². The van der Waals surface area contributed by atoms with Crippen molar-refractivity contribution < 1.29 is 23.0 Å². The Labute approximate surface area is 173 Å². The first-order valence-electron chi connectivity index (χ1n) is 9.74. The van der Waals surface area contributed by atoms with Crippen LogP contribution in [0.2, 0.25) is 0 Å². The molecule has 6 nitrogen and oxygen atoms in total. The zero-order valence-electron chi connectivity index (χ0n) is 17.1. The summed E-state index contributed by atoms with van der Waals surface area (Å²) in [6, 6.07) is 12.0. The second-order valence-electron chi connectivity index (χ2n) is 7.13. The number of nitrogens with zero attached hydrogens (tertiary/aromatic N) is 1. The van der Waals surface area contributed by atoms with Crippen molar-refractivity contribution in [1.29, 1.82) is 0 Å². The van der Waals surface area contributed by atoms with Gasteiger partial charge in [0.2, 0.25) is 0 Å². The third-order valence-electron chi connectivity index (χ3n) is 4.50. The fourth-order valence-corrected chi connectivity index (χ4v) is 3.37. The number of fused-ring (bicyclic) bond motifs is 1. The Kier molecular flexibility index (Phi) is 6.44. The maximum Gasteiger partial charge on any atom is 0.411 e. The van der Waals surface area contributed by atoms with Crippen molar-refractivity contribution in [3.8, 4) is 17.0 Å². The number of carbonyl (C=O) groups excluding carboxylic acids is 1. The van der Waals surface area contributed by atoms with E-state index in [1.807, 2.05) is 23.6 Å². The van der Waals surface area contributed by atoms with Gasteiger partial charge < -0.3 is 19.8 Å². The summed E-state index contributed by atoms with van der Waals surface area (Å²) in [7, 11) is 0. The van der Waals surface area contributed by atoms with Gasteiger partial charge in [-0.15, -0.1) is 0 Å². The van der Waals surface area contributed by atoms with E-state index < -0.39 is 12.7 Å². The predicted octanol–water partition coefficient (Wildman–Crippen LogP) is 5.86. The number of hydrogen-bond donors (Lipinski definition) is 2. The second-order valence-corrected chi connectivity index (χ2v) is 7.13. The first-order valence-corrected chi connectivity index (χ1v) is 9.74. The van der Waals surface area contributed by atoms with Gasteiger partial charge in [-0.25, -0.2) is 4.79 Å². The molecule has 0 atom stereocenters. The number of aryl methyl sites for hydroxylation is 1. The summed E-state index contributed by atoms with van der Waals surface area (Å²) in [5.41, 5.74) is 9.94. The Balaban J connectivity index is 1.99. The lowest BCUT2D eigenvalue weighted by Crippen LogP contribution is -2.17. The van der Waals surface area contributed by atoms with E-state index in [9.17, 15) is 13.6 Å². The van der Waals surface area contributed by atoms with Gasteiger partial charge >= 0.3 is 12.7 Å². The molecular formula is C22H25F2N3O3. The summed E-state index contributed by atoms with van der Waals surface area (Å²) in [5, 5.41) is 3.44. The molecule has 160 valence electrons. The highest BCUT2D eigenvalue weighted by Gasteiger charge is 2.18. The first kappa shape index (κ1) is 21.4. The van der Waals surface area contributed by atoms with Gasteiger partial charge in [-0.05, 0) is 44.5 Å². The van der Waals surface area contributed by atoms with Crippen LogP contribution >= 0.6 is 0 Å². The normalized spacial score (nSPS) is 11.3. The van der Waals surface area contributed by atoms with Crippen LogP contribution in [0.25, 0.3) is 22.2 Å². The lowest BCUT2D eigenvalue weighted by molar-refractivity contribution is -0.0497. The highest BCUT2D eigenvalue weighted by molar-refractivity contribution is 6.01. The molecular weight excluding hydrogens is 392 g/mol. The van der Waals surface area contributed by atoms with Gasteiger partial charge in [-0.1, -0.05) is 19.1 Å². The van der Waals surface area contributed by atoms with Crippen molar-refractivity contribution in [3.05, 3.63) is 42.5 Å². The van der Waals surface area contributed by atoms with Gasteiger partial charge in [-0.3, -0.25) is 5.32 Å². The largest absolute Gasteiger partial charge is 0.447 e. The summed E-state index contributed by atoms with van der Waals surface area (Å²) in [4.78, 5) is 11.8. The van der Waals surface area contributed by atoms with Crippen LogP contribution in [0.15, 0.2) is 42.5 Å². The van der Waals surface area contributed by atoms with Crippen LogP contribution < -0.4 is 15.8 Å². The molecule has 2 aromatic carbocycles. The number of benzene rings is 2. The van der Waals surface area contributed by atoms with Gasteiger partial charge in [0.05, 0.1) is 23.0 Å². The summed E-state index contributed by atoms with van der Waals surface area (Å²) < 4.78 is 36.9. The van der Waals surface area contributed by atoms with Crippen LogP contribution in [0.5, 0.6) is 5.75 Å². The number of amides is 1. The molecule has 0 spiro atoms. The van der Waals surface area contributed by atoms with Crippen molar-refractivity contribution in [2.75, 3.05) is 11.1 Å². The Morgan fingerprint density at radius 2 is 1.87 bits per heavy atom. The number of halogens is 2. The van der Waals surface area contributed by atoms with E-state index in [0.717, 1.165) is 28.6 Å². The van der Waals surface area contributed by atoms with E-state index in [1.165, 1.54) is 6.07 Å². The zero-order chi connectivity index (χ0) is 21.8. The van der Waals surface area contributed by atoms with Crippen LogP contribution in [-0.4, -0.2) is 23.4 Å². The minimum atomic E-state index is -2.89. The monoisotopic (exact) mass is 417 g/mol. The highest BCUT2D eigenvalue weighted by Crippen LogP contribution is 2.38. The van der Waals surface area contributed by atoms with Crippen LogP contribution in [0.4, 0.5) is 25.0 Å². The molecule has 0 radical (unpaired) electrons. The van der Waals surface area contributed by atoms with Crippen molar-refractivity contribution in [2.24, 2.45) is 0 Å². The van der Waals surface area contributed by atoms with Crippen molar-refractivity contribution in [1.82, 2.24) is 4.57 Å². The molecule has 0 saturated carbocycles. The standard InChI is InChI=1S/C22H25F2N3O3/c1-4-11-27-18-12-16(30-21(23)24)9-10-17(18)19(25)20(27)14-5-7-15(8-6-14)26-22(28)29-13(2)3/h5-10,12-13,21H,4,11,25H2,1-3H3,(H,26,28). The molecule has 0 fully saturated rings. The molecule has 3 aromatic rings. The number of nitrogens with two attached hydrogens (primary N) is 1. The number of rotatable bonds is 7. The topological polar surface area (TPSA) is 78.5 Å². The molecule has 0 aliphatic heterocycles. The number of hydrogen-bond acceptors (Lipinski definition) is 4. The van der Waals surface area contributed by atoms with Gasteiger partial charge in [-0.2, -0.15) is 8.78 Å². The molecule has 0 bridgehead atoms. The number of nitrogen functional groups attached to an aromatic ring is 1. The van der Waals surface area contributed by atoms with E-state index in [1.54, 1.807) is 38.1 Å². The molecule has 0 saturated heterocycles. The van der Waals surface area contributed by atoms with Gasteiger partial charge in [0.1, 0.15) is 5.75 Å². The molecule has 1 amide bonds. The van der Waals surface area contributed by atoms with Crippen LogP contribution in [-0.2, 0) is 11.3 Å². The minimum Gasteiger partial charge on any atom is -0.447 e. The summed E-state index contributed by atoms with van der Waals surface area (Å²) in [6.07, 6.45) is 0.0910. The maximum absolute atomic E-state index is 12.6. The molecule has 8 heteroatoms. The van der Waals surface area contributed by atoms with Crippen molar-refractivity contribution >= 4 is 28.4 Å². The Morgan fingerprint density at radius 1 is 1.17 bits per heavy atom. The van der Waals surface area contributed by atoms with Gasteiger partial charge in [0, 0.05) is 29.2 Å². The fourth-order valence-electron chi connectivity index (χ4n) is 3.37. The highest BCUT2D eigenvalue weighted by atomic mass is 19.3. The van der Waals surface area contributed by atoms with Gasteiger partial charge in [0.25, 0.3) is 0 Å². The number of anilines is 2. The van der Waals surface area contributed by atoms with Crippen LogP contribution in [0, 0.1) is 0 Å². The predicted molar refractivity (Wildman–Crippen MR) is 114 cm³/mol. The SMILES string of the molecule is CCCn1c(-c2ccc(NC(=O)OC(C)C)cc2)c(N)c2ccc(OC(F)F)cc21. The molecule has 1 heterocycles. The van der Waals surface area contributed by atoms with Crippen LogP contribution in [0.3, 0.4) is 0 Å². The number of alkyl halides is 2. The summed E-state index contributed by atoms with van der Waals surface area (Å²) in [5.74, 6) is 0.0853. The molecule has 1 aromatic heterocycles. The molecule has 0 aliphatic rings. The summed E-state index contributed by atoms with van der Waals surface area (Å²) >= 11 is 0. The molecule has 3 rings (SSSR count). The second kappa shape index (κ2) is 9.02. The van der Waals surface area contributed by atoms with E-state index >= 15 is 0 Å². The van der Waals surface area contributed by atoms with E-state index in [-0.39, 0.29) is 11.9 Å². The lowest BCUT2D eigenvalue weighted by atomic mass is 10.1. The quantitative estimate of drug-likeness (QED) is 0.505. The van der Waals surface area contributed by atoms with E-state index in [2.05, 4.69) is 10.1 Å². The third kappa shape index (κ3) is 4.64. The summed E-state index contributed by atoms with van der Waals surface area (Å²) in [6.45, 7) is 3.34. The number of aromatic nitrogens is 1. The minimum absolute atomic E-state index is 0.0853. The maximum atomic E-state index is 12.6. The molecule has 0 aliphatic carbocycles. The first-order chi connectivity index (χ1) is 14.3. The van der Waals surface area contributed by atoms with Gasteiger partial charge in [0.15, 0.2) is 0 Å². The Hall–Kier alpha value is -3.29. The van der Waals surface area contributed by atoms with Crippen molar-refractivity contribution in [3.63, 3.8) is 0 Å². The number of carbonyl (C=O) groups is 1. The average molecular weight is 417 g/mol. The van der Waals surface area contributed by atoms with E-state index in [0.29, 0.717) is 17.9 Å². The van der Waals surface area contributed by atoms with Crippen molar-refractivity contribution in [2.45, 2.75) is 46.5 Å². The lowest BCUT2D eigenvalue weighted by Gasteiger charge is -2.12.